The quantitative estimate of drug-likeness (QED) is 0.141. The Labute approximate surface area is 223 Å². The normalized spacial score (nSPS) is 11.3. The van der Waals surface area contributed by atoms with Gasteiger partial charge >= 0.3 is 5.97 Å². The molecule has 0 saturated carbocycles. The van der Waals surface area contributed by atoms with Crippen LogP contribution in [0.25, 0.3) is 0 Å². The molecule has 1 atom stereocenters. The highest BCUT2D eigenvalue weighted by atomic mass is 16.5. The standard InChI is InChI=1S/C32H32N2O4/c1-23-10-6-8-14-28(23)33-20-21-38-26-18-16-24(17-19-26)22-30(32(36)37-2)34-29-15-9-7-13-27(29)31(35)25-11-4-3-5-12-25/h3-19,30,33-34H,20-22H2,1-2H3. The molecule has 0 bridgehead atoms. The predicted octanol–water partition coefficient (Wildman–Crippen LogP) is 5.91. The van der Waals surface area contributed by atoms with E-state index < -0.39 is 12.0 Å². The number of ketones is 1. The highest BCUT2D eigenvalue weighted by molar-refractivity contribution is 6.12. The summed E-state index contributed by atoms with van der Waals surface area (Å²) in [5.41, 5.74) is 4.89. The van der Waals surface area contributed by atoms with Crippen molar-refractivity contribution in [3.05, 3.63) is 125 Å². The van der Waals surface area contributed by atoms with Gasteiger partial charge in [-0.25, -0.2) is 4.79 Å². The van der Waals surface area contributed by atoms with E-state index in [-0.39, 0.29) is 5.78 Å². The lowest BCUT2D eigenvalue weighted by molar-refractivity contribution is -0.141. The second kappa shape index (κ2) is 13.1. The van der Waals surface area contributed by atoms with Crippen LogP contribution in [0.3, 0.4) is 0 Å². The number of rotatable bonds is 12. The molecule has 0 amide bonds. The van der Waals surface area contributed by atoms with Gasteiger partial charge in [0.1, 0.15) is 18.4 Å². The summed E-state index contributed by atoms with van der Waals surface area (Å²) in [4.78, 5) is 25.8. The number of esters is 1. The summed E-state index contributed by atoms with van der Waals surface area (Å²) in [6.45, 7) is 3.27. The summed E-state index contributed by atoms with van der Waals surface area (Å²) in [6.07, 6.45) is 0.385. The third kappa shape index (κ3) is 7.01. The molecule has 0 aliphatic rings. The minimum atomic E-state index is -0.671. The molecule has 0 aliphatic carbocycles. The Morgan fingerprint density at radius 1 is 0.789 bits per heavy atom. The summed E-state index contributed by atoms with van der Waals surface area (Å²) >= 11 is 0. The van der Waals surface area contributed by atoms with Gasteiger partial charge in [0.15, 0.2) is 5.78 Å². The molecule has 0 spiro atoms. The van der Waals surface area contributed by atoms with Crippen LogP contribution in [0.5, 0.6) is 5.75 Å². The first-order chi connectivity index (χ1) is 18.5. The fourth-order valence-corrected chi connectivity index (χ4v) is 4.16. The van der Waals surface area contributed by atoms with Crippen LogP contribution in [0.2, 0.25) is 0 Å². The molecule has 194 valence electrons. The van der Waals surface area contributed by atoms with E-state index in [2.05, 4.69) is 23.6 Å². The van der Waals surface area contributed by atoms with Crippen molar-refractivity contribution in [2.75, 3.05) is 30.9 Å². The summed E-state index contributed by atoms with van der Waals surface area (Å²) in [5.74, 6) is 0.229. The van der Waals surface area contributed by atoms with Gasteiger partial charge in [0.05, 0.1) is 7.11 Å². The molecule has 4 rings (SSSR count). The monoisotopic (exact) mass is 508 g/mol. The highest BCUT2D eigenvalue weighted by Gasteiger charge is 2.22. The number of carbonyl (C=O) groups excluding carboxylic acids is 2. The number of ether oxygens (including phenoxy) is 2. The van der Waals surface area contributed by atoms with E-state index in [0.717, 1.165) is 17.0 Å². The van der Waals surface area contributed by atoms with Crippen molar-refractivity contribution in [3.63, 3.8) is 0 Å². The van der Waals surface area contributed by atoms with Crippen LogP contribution in [-0.2, 0) is 16.0 Å². The van der Waals surface area contributed by atoms with E-state index in [0.29, 0.717) is 36.4 Å². The Balaban J connectivity index is 1.38. The van der Waals surface area contributed by atoms with Gasteiger partial charge in [-0.1, -0.05) is 72.8 Å². The zero-order valence-electron chi connectivity index (χ0n) is 21.6. The Morgan fingerprint density at radius 2 is 1.45 bits per heavy atom. The third-order valence-corrected chi connectivity index (χ3v) is 6.22. The summed E-state index contributed by atoms with van der Waals surface area (Å²) in [7, 11) is 1.36. The number of aryl methyl sites for hydroxylation is 1. The summed E-state index contributed by atoms with van der Waals surface area (Å²) in [6, 6.07) is 31.4. The van der Waals surface area contributed by atoms with Crippen molar-refractivity contribution in [3.8, 4) is 5.75 Å². The SMILES string of the molecule is COC(=O)C(Cc1ccc(OCCNc2ccccc2C)cc1)Nc1ccccc1C(=O)c1ccccc1. The van der Waals surface area contributed by atoms with Gasteiger partial charge in [-0.2, -0.15) is 0 Å². The fraction of sp³-hybridized carbons (Fsp3) is 0.188. The third-order valence-electron chi connectivity index (χ3n) is 6.22. The second-order valence-electron chi connectivity index (χ2n) is 8.90. The minimum Gasteiger partial charge on any atom is -0.492 e. The van der Waals surface area contributed by atoms with Crippen LogP contribution in [0, 0.1) is 6.92 Å². The lowest BCUT2D eigenvalue weighted by atomic mass is 10.00. The number of hydrogen-bond donors (Lipinski definition) is 2. The van der Waals surface area contributed by atoms with Gasteiger partial charge in [0.2, 0.25) is 0 Å². The number of carbonyl (C=O) groups is 2. The van der Waals surface area contributed by atoms with E-state index in [9.17, 15) is 9.59 Å². The lowest BCUT2D eigenvalue weighted by Crippen LogP contribution is -2.33. The molecule has 0 aromatic heterocycles. The zero-order chi connectivity index (χ0) is 26.7. The van der Waals surface area contributed by atoms with Crippen molar-refractivity contribution in [2.45, 2.75) is 19.4 Å². The molecule has 2 N–H and O–H groups in total. The maximum atomic E-state index is 13.1. The zero-order valence-corrected chi connectivity index (χ0v) is 21.6. The van der Waals surface area contributed by atoms with Gasteiger partial charge in [0.25, 0.3) is 0 Å². The molecule has 6 nitrogen and oxygen atoms in total. The van der Waals surface area contributed by atoms with Crippen molar-refractivity contribution in [1.82, 2.24) is 0 Å². The molecule has 0 aliphatic heterocycles. The topological polar surface area (TPSA) is 76.7 Å². The number of anilines is 2. The summed E-state index contributed by atoms with van der Waals surface area (Å²) < 4.78 is 10.9. The van der Waals surface area contributed by atoms with Crippen LogP contribution in [0.4, 0.5) is 11.4 Å². The molecule has 6 heteroatoms. The first-order valence-corrected chi connectivity index (χ1v) is 12.6. The Kier molecular flexibility index (Phi) is 9.13. The molecule has 38 heavy (non-hydrogen) atoms. The van der Waals surface area contributed by atoms with Gasteiger partial charge in [-0.15, -0.1) is 0 Å². The van der Waals surface area contributed by atoms with Crippen molar-refractivity contribution < 1.29 is 19.1 Å². The van der Waals surface area contributed by atoms with E-state index in [4.69, 9.17) is 9.47 Å². The smallest absolute Gasteiger partial charge is 0.328 e. The second-order valence-corrected chi connectivity index (χ2v) is 8.90. The average Bonchev–Trinajstić information content (AvgIpc) is 2.96. The largest absolute Gasteiger partial charge is 0.492 e. The van der Waals surface area contributed by atoms with E-state index in [1.165, 1.54) is 12.7 Å². The van der Waals surface area contributed by atoms with Gasteiger partial charge in [-0.05, 0) is 48.4 Å². The molecule has 4 aromatic rings. The average molecular weight is 509 g/mol. The van der Waals surface area contributed by atoms with Crippen molar-refractivity contribution in [2.24, 2.45) is 0 Å². The molecule has 0 fully saturated rings. The Hall–Kier alpha value is -4.58. The van der Waals surface area contributed by atoms with Crippen LogP contribution in [0.1, 0.15) is 27.0 Å². The van der Waals surface area contributed by atoms with Crippen molar-refractivity contribution in [1.29, 1.82) is 0 Å². The van der Waals surface area contributed by atoms with Gasteiger partial charge in [0, 0.05) is 35.5 Å². The number of para-hydroxylation sites is 2. The van der Waals surface area contributed by atoms with Gasteiger partial charge < -0.3 is 20.1 Å². The molecule has 4 aromatic carbocycles. The first kappa shape index (κ1) is 26.5. The molecular formula is C32H32N2O4. The lowest BCUT2D eigenvalue weighted by Gasteiger charge is -2.20. The highest BCUT2D eigenvalue weighted by Crippen LogP contribution is 2.22. The fourth-order valence-electron chi connectivity index (χ4n) is 4.16. The number of hydrogen-bond acceptors (Lipinski definition) is 6. The molecule has 0 saturated heterocycles. The summed E-state index contributed by atoms with van der Waals surface area (Å²) in [5, 5.41) is 6.62. The van der Waals surface area contributed by atoms with E-state index >= 15 is 0 Å². The van der Waals surface area contributed by atoms with E-state index in [1.54, 1.807) is 24.3 Å². The van der Waals surface area contributed by atoms with Crippen LogP contribution in [0.15, 0.2) is 103 Å². The molecule has 0 heterocycles. The molecule has 0 radical (unpaired) electrons. The van der Waals surface area contributed by atoms with Crippen LogP contribution in [-0.4, -0.2) is 38.1 Å². The number of methoxy groups -OCH3 is 1. The Bertz CT molecular complexity index is 1350. The predicted molar refractivity (Wildman–Crippen MR) is 151 cm³/mol. The maximum absolute atomic E-state index is 13.1. The van der Waals surface area contributed by atoms with Gasteiger partial charge in [-0.3, -0.25) is 4.79 Å². The maximum Gasteiger partial charge on any atom is 0.328 e. The van der Waals surface area contributed by atoms with Crippen molar-refractivity contribution >= 4 is 23.1 Å². The number of nitrogens with one attached hydrogen (secondary N) is 2. The van der Waals surface area contributed by atoms with E-state index in [1.807, 2.05) is 72.8 Å². The first-order valence-electron chi connectivity index (χ1n) is 12.6. The van der Waals surface area contributed by atoms with Crippen LogP contribution < -0.4 is 15.4 Å². The Morgan fingerprint density at radius 3 is 2.16 bits per heavy atom. The van der Waals surface area contributed by atoms with Crippen LogP contribution >= 0.6 is 0 Å². The molecule has 1 unspecified atom stereocenters. The molecular weight excluding hydrogens is 476 g/mol. The minimum absolute atomic E-state index is 0.115. The number of benzene rings is 4.